The van der Waals surface area contributed by atoms with Crippen LogP contribution in [0.25, 0.3) is 0 Å². The summed E-state index contributed by atoms with van der Waals surface area (Å²) in [4.78, 5) is 29.4. The summed E-state index contributed by atoms with van der Waals surface area (Å²) in [5.41, 5.74) is 2.85. The van der Waals surface area contributed by atoms with Gasteiger partial charge in [0.05, 0.1) is 12.9 Å². The van der Waals surface area contributed by atoms with Crippen molar-refractivity contribution in [2.75, 3.05) is 12.9 Å². The number of nitrogens with zero attached hydrogens (tertiary/aromatic N) is 1. The van der Waals surface area contributed by atoms with Crippen molar-refractivity contribution in [1.29, 1.82) is 0 Å². The van der Waals surface area contributed by atoms with Crippen molar-refractivity contribution in [2.45, 2.75) is 62.9 Å². The molecule has 2 amide bonds. The van der Waals surface area contributed by atoms with E-state index >= 15 is 0 Å². The van der Waals surface area contributed by atoms with Crippen LogP contribution in [-0.2, 0) is 28.3 Å². The lowest BCUT2D eigenvalue weighted by atomic mass is 9.94. The lowest BCUT2D eigenvalue weighted by Gasteiger charge is -2.33. The van der Waals surface area contributed by atoms with Crippen LogP contribution in [0.2, 0.25) is 10.0 Å². The van der Waals surface area contributed by atoms with Gasteiger partial charge in [0, 0.05) is 34.8 Å². The molecule has 5 nitrogen and oxygen atoms in total. The number of nitrogens with one attached hydrogen (secondary N) is 1. The SMILES string of the molecule is COc1ccc(CSCC(=O)N(Cc2ccc(Cl)cc2Cl)C(Cc2ccccc2)C(=O)NC2CCCCC2)cc1. The van der Waals surface area contributed by atoms with Crippen LogP contribution in [-0.4, -0.2) is 41.7 Å². The molecule has 212 valence electrons. The van der Waals surface area contributed by atoms with Gasteiger partial charge in [-0.05, 0) is 53.8 Å². The number of carbonyl (C=O) groups is 2. The predicted molar refractivity (Wildman–Crippen MR) is 165 cm³/mol. The first kappa shape index (κ1) is 30.3. The first-order chi connectivity index (χ1) is 19.4. The summed E-state index contributed by atoms with van der Waals surface area (Å²) in [5.74, 6) is 1.48. The minimum Gasteiger partial charge on any atom is -0.497 e. The Kier molecular flexibility index (Phi) is 11.6. The Morgan fingerprint density at radius 2 is 1.70 bits per heavy atom. The first-order valence-corrected chi connectivity index (χ1v) is 15.6. The fourth-order valence-corrected chi connectivity index (χ4v) is 6.33. The summed E-state index contributed by atoms with van der Waals surface area (Å²) in [6.07, 6.45) is 5.78. The quantitative estimate of drug-likeness (QED) is 0.237. The smallest absolute Gasteiger partial charge is 0.243 e. The Bertz CT molecular complexity index is 1250. The summed E-state index contributed by atoms with van der Waals surface area (Å²) in [5, 5.41) is 4.27. The van der Waals surface area contributed by atoms with Gasteiger partial charge in [-0.2, -0.15) is 0 Å². The lowest BCUT2D eigenvalue weighted by molar-refractivity contribution is -0.139. The van der Waals surface area contributed by atoms with Gasteiger partial charge in [-0.3, -0.25) is 9.59 Å². The van der Waals surface area contributed by atoms with E-state index in [9.17, 15) is 9.59 Å². The Hall–Kier alpha value is -2.67. The van der Waals surface area contributed by atoms with Gasteiger partial charge in [-0.25, -0.2) is 0 Å². The molecule has 1 aliphatic rings. The van der Waals surface area contributed by atoms with Crippen molar-refractivity contribution in [3.8, 4) is 5.75 Å². The lowest BCUT2D eigenvalue weighted by Crippen LogP contribution is -2.53. The number of hydrogen-bond donors (Lipinski definition) is 1. The Labute approximate surface area is 251 Å². The highest BCUT2D eigenvalue weighted by Gasteiger charge is 2.32. The minimum absolute atomic E-state index is 0.107. The van der Waals surface area contributed by atoms with Crippen LogP contribution in [0.5, 0.6) is 5.75 Å². The molecule has 0 spiro atoms. The fraction of sp³-hybridized carbons (Fsp3) is 0.375. The zero-order valence-corrected chi connectivity index (χ0v) is 25.1. The third-order valence-corrected chi connectivity index (χ3v) is 8.81. The largest absolute Gasteiger partial charge is 0.497 e. The van der Waals surface area contributed by atoms with Crippen LogP contribution in [0.4, 0.5) is 0 Å². The Balaban J connectivity index is 1.57. The molecule has 40 heavy (non-hydrogen) atoms. The summed E-state index contributed by atoms with van der Waals surface area (Å²) in [6.45, 7) is 0.216. The van der Waals surface area contributed by atoms with Gasteiger partial charge < -0.3 is 15.0 Å². The van der Waals surface area contributed by atoms with E-state index in [2.05, 4.69) is 5.32 Å². The predicted octanol–water partition coefficient (Wildman–Crippen LogP) is 7.32. The van der Waals surface area contributed by atoms with Crippen LogP contribution in [0.3, 0.4) is 0 Å². The Morgan fingerprint density at radius 1 is 0.975 bits per heavy atom. The van der Waals surface area contributed by atoms with Crippen molar-refractivity contribution >= 4 is 46.8 Å². The molecule has 1 N–H and O–H groups in total. The van der Waals surface area contributed by atoms with Gasteiger partial charge in [0.2, 0.25) is 11.8 Å². The molecule has 3 aromatic rings. The number of thioether (sulfide) groups is 1. The summed E-state index contributed by atoms with van der Waals surface area (Å²) in [6, 6.07) is 22.4. The number of benzene rings is 3. The van der Waals surface area contributed by atoms with Crippen LogP contribution in [0, 0.1) is 0 Å². The van der Waals surface area contributed by atoms with Gasteiger partial charge in [0.15, 0.2) is 0 Å². The summed E-state index contributed by atoms with van der Waals surface area (Å²) < 4.78 is 5.24. The van der Waals surface area contributed by atoms with Crippen LogP contribution < -0.4 is 10.1 Å². The summed E-state index contributed by atoms with van der Waals surface area (Å²) in [7, 11) is 1.64. The number of rotatable bonds is 12. The van der Waals surface area contributed by atoms with Crippen molar-refractivity contribution in [3.63, 3.8) is 0 Å². The molecule has 1 atom stereocenters. The first-order valence-electron chi connectivity index (χ1n) is 13.7. The molecule has 0 radical (unpaired) electrons. The van der Waals surface area contributed by atoms with E-state index in [0.29, 0.717) is 22.2 Å². The van der Waals surface area contributed by atoms with Crippen LogP contribution >= 0.6 is 35.0 Å². The van der Waals surface area contributed by atoms with E-state index in [1.54, 1.807) is 24.1 Å². The second-order valence-electron chi connectivity index (χ2n) is 10.1. The number of carbonyl (C=O) groups excluding carboxylic acids is 2. The van der Waals surface area contributed by atoms with Crippen molar-refractivity contribution in [3.05, 3.63) is 99.5 Å². The number of methoxy groups -OCH3 is 1. The second-order valence-corrected chi connectivity index (χ2v) is 12.0. The number of ether oxygens (including phenoxy) is 1. The Morgan fingerprint density at radius 3 is 2.38 bits per heavy atom. The van der Waals surface area contributed by atoms with Gasteiger partial charge in [-0.1, -0.05) is 91.0 Å². The topological polar surface area (TPSA) is 58.6 Å². The third-order valence-electron chi connectivity index (χ3n) is 7.23. The van der Waals surface area contributed by atoms with E-state index in [1.807, 2.05) is 60.7 Å². The summed E-state index contributed by atoms with van der Waals surface area (Å²) >= 11 is 14.2. The molecule has 3 aromatic carbocycles. The van der Waals surface area contributed by atoms with E-state index in [1.165, 1.54) is 18.2 Å². The molecule has 0 bridgehead atoms. The van der Waals surface area contributed by atoms with Gasteiger partial charge >= 0.3 is 0 Å². The molecule has 1 fully saturated rings. The number of hydrogen-bond acceptors (Lipinski definition) is 4. The molecule has 1 unspecified atom stereocenters. The molecule has 4 rings (SSSR count). The zero-order valence-electron chi connectivity index (χ0n) is 22.8. The average Bonchev–Trinajstić information content (AvgIpc) is 2.97. The van der Waals surface area contributed by atoms with E-state index in [0.717, 1.165) is 48.1 Å². The van der Waals surface area contributed by atoms with Crippen molar-refractivity contribution < 1.29 is 14.3 Å². The maximum absolute atomic E-state index is 13.9. The maximum atomic E-state index is 13.9. The minimum atomic E-state index is -0.676. The second kappa shape index (κ2) is 15.4. The molecule has 0 saturated heterocycles. The molecule has 0 heterocycles. The zero-order chi connectivity index (χ0) is 28.3. The molecular formula is C32H36Cl2N2O3S. The van der Waals surface area contributed by atoms with Crippen molar-refractivity contribution in [1.82, 2.24) is 10.2 Å². The highest BCUT2D eigenvalue weighted by Crippen LogP contribution is 2.26. The van der Waals surface area contributed by atoms with Gasteiger partial charge in [0.1, 0.15) is 11.8 Å². The molecule has 8 heteroatoms. The molecular weight excluding hydrogens is 563 g/mol. The van der Waals surface area contributed by atoms with Crippen LogP contribution in [0.1, 0.15) is 48.8 Å². The molecule has 1 saturated carbocycles. The van der Waals surface area contributed by atoms with E-state index in [-0.39, 0.29) is 30.2 Å². The number of amides is 2. The average molecular weight is 600 g/mol. The normalized spacial score (nSPS) is 14.4. The third kappa shape index (κ3) is 8.92. The maximum Gasteiger partial charge on any atom is 0.243 e. The van der Waals surface area contributed by atoms with E-state index in [4.69, 9.17) is 27.9 Å². The van der Waals surface area contributed by atoms with Crippen LogP contribution in [0.15, 0.2) is 72.8 Å². The standard InChI is InChI=1S/C32H36Cl2N2O3S/c1-39-28-16-12-24(13-17-28)21-40-22-31(37)36(20-25-14-15-26(33)19-29(25)34)30(18-23-8-4-2-5-9-23)32(38)35-27-10-6-3-7-11-27/h2,4-5,8-9,12-17,19,27,30H,3,6-7,10-11,18,20-22H2,1H3,(H,35,38). The van der Waals surface area contributed by atoms with Gasteiger partial charge in [-0.15, -0.1) is 11.8 Å². The van der Waals surface area contributed by atoms with E-state index < -0.39 is 6.04 Å². The molecule has 0 aliphatic heterocycles. The van der Waals surface area contributed by atoms with Gasteiger partial charge in [0.25, 0.3) is 0 Å². The molecule has 1 aliphatic carbocycles. The molecule has 0 aromatic heterocycles. The highest BCUT2D eigenvalue weighted by atomic mass is 35.5. The monoisotopic (exact) mass is 598 g/mol. The fourth-order valence-electron chi connectivity index (χ4n) is 4.99. The highest BCUT2D eigenvalue weighted by molar-refractivity contribution is 7.99. The number of halogens is 2. The van der Waals surface area contributed by atoms with Crippen molar-refractivity contribution in [2.24, 2.45) is 0 Å².